The van der Waals surface area contributed by atoms with Crippen molar-refractivity contribution in [2.24, 2.45) is 12.5 Å². The summed E-state index contributed by atoms with van der Waals surface area (Å²) in [6.07, 6.45) is -7.05. The van der Waals surface area contributed by atoms with E-state index in [0.717, 1.165) is 0 Å². The minimum absolute atomic E-state index is 0.0423. The third-order valence-electron chi connectivity index (χ3n) is 4.95. The Labute approximate surface area is 189 Å². The van der Waals surface area contributed by atoms with Gasteiger partial charge in [-0.15, -0.1) is 10.2 Å². The molecule has 1 heterocycles. The lowest BCUT2D eigenvalue weighted by Gasteiger charge is -2.35. The van der Waals surface area contributed by atoms with E-state index < -0.39 is 67.6 Å². The number of nitrogens with zero attached hydrogens (tertiary/aromatic N) is 4. The average Bonchev–Trinajstić information content (AvgIpc) is 3.00. The zero-order chi connectivity index (χ0) is 27.3. The Bertz CT molecular complexity index is 1020. The molecule has 0 bridgehead atoms. The van der Waals surface area contributed by atoms with Gasteiger partial charge in [0.15, 0.2) is 9.84 Å². The maximum atomic E-state index is 14.3. The highest BCUT2D eigenvalue weighted by Gasteiger charge is 2.83. The molecular weight excluding hydrogens is 511 g/mol. The van der Waals surface area contributed by atoms with E-state index in [1.54, 1.807) is 0 Å². The first-order valence-electron chi connectivity index (χ1n) is 9.40. The Hall–Kier alpha value is -1.91. The zero-order valence-electron chi connectivity index (χ0n) is 18.8. The second kappa shape index (κ2) is 8.95. The molecule has 0 amide bonds. The minimum atomic E-state index is -7.18. The van der Waals surface area contributed by atoms with Gasteiger partial charge in [0.05, 0.1) is 0 Å². The minimum Gasteiger partial charge on any atom is -0.309 e. The van der Waals surface area contributed by atoms with Gasteiger partial charge in [0, 0.05) is 24.8 Å². The van der Waals surface area contributed by atoms with Crippen LogP contribution >= 0.6 is 0 Å². The molecule has 0 aliphatic carbocycles. The Morgan fingerprint density at radius 2 is 1.44 bits per heavy atom. The molecule has 1 aromatic heterocycles. The van der Waals surface area contributed by atoms with Crippen LogP contribution in [0.3, 0.4) is 0 Å². The van der Waals surface area contributed by atoms with Gasteiger partial charge in [0.2, 0.25) is 17.4 Å². The molecule has 1 unspecified atom stereocenters. The summed E-state index contributed by atoms with van der Waals surface area (Å²) >= 11 is 0. The molecule has 198 valence electrons. The maximum Gasteiger partial charge on any atom is 0.460 e. The number of halogens is 9. The number of carbonyl (C=O) groups is 1. The molecule has 0 spiro atoms. The number of alkyl halides is 9. The van der Waals surface area contributed by atoms with Crippen LogP contribution in [0.2, 0.25) is 0 Å². The van der Waals surface area contributed by atoms with Crippen molar-refractivity contribution in [1.82, 2.24) is 19.7 Å². The van der Waals surface area contributed by atoms with E-state index in [2.05, 4.69) is 10.2 Å². The van der Waals surface area contributed by atoms with E-state index in [1.807, 2.05) is 0 Å². The number of rotatable bonds is 10. The standard InChI is InChI=1S/C17H23F9N4O3S/c1-7-34(32,33)10(13(2,3)8-29(4)5)9(31)11-27-28-12(30(11)6)14(18,19)15(20,21)16(22,23)17(24,25)26/h10H,7-8H2,1-6H3. The fourth-order valence-electron chi connectivity index (χ4n) is 3.52. The van der Waals surface area contributed by atoms with Gasteiger partial charge in [-0.3, -0.25) is 4.79 Å². The molecule has 1 atom stereocenters. The number of Topliss-reactive ketones (excluding diaryl/α,β-unsaturated/α-hetero) is 1. The maximum absolute atomic E-state index is 14.3. The third kappa shape index (κ3) is 4.90. The van der Waals surface area contributed by atoms with Crippen molar-refractivity contribution < 1.29 is 52.7 Å². The van der Waals surface area contributed by atoms with E-state index >= 15 is 0 Å². The van der Waals surface area contributed by atoms with E-state index in [9.17, 15) is 52.7 Å². The highest BCUT2D eigenvalue weighted by Crippen LogP contribution is 2.56. The van der Waals surface area contributed by atoms with Crippen LogP contribution in [-0.2, 0) is 22.8 Å². The zero-order valence-corrected chi connectivity index (χ0v) is 19.6. The van der Waals surface area contributed by atoms with Gasteiger partial charge in [-0.2, -0.15) is 39.5 Å². The quantitative estimate of drug-likeness (QED) is 0.338. The van der Waals surface area contributed by atoms with E-state index in [1.165, 1.54) is 39.8 Å². The van der Waals surface area contributed by atoms with Crippen molar-refractivity contribution in [3.8, 4) is 0 Å². The predicted octanol–water partition coefficient (Wildman–Crippen LogP) is 3.31. The monoisotopic (exact) mass is 534 g/mol. The highest BCUT2D eigenvalue weighted by molar-refractivity contribution is 7.92. The Balaban J connectivity index is 3.69. The number of aromatic nitrogens is 3. The smallest absolute Gasteiger partial charge is 0.309 e. The van der Waals surface area contributed by atoms with Crippen molar-refractivity contribution in [3.05, 3.63) is 11.6 Å². The average molecular weight is 534 g/mol. The summed E-state index contributed by atoms with van der Waals surface area (Å²) in [4.78, 5) is 14.6. The van der Waals surface area contributed by atoms with Crippen LogP contribution in [0.25, 0.3) is 0 Å². The van der Waals surface area contributed by atoms with E-state index in [0.29, 0.717) is 7.05 Å². The molecule has 1 rings (SSSR count). The first-order valence-corrected chi connectivity index (χ1v) is 11.1. The van der Waals surface area contributed by atoms with Crippen molar-refractivity contribution in [2.75, 3.05) is 26.4 Å². The molecule has 0 fully saturated rings. The van der Waals surface area contributed by atoms with E-state index in [4.69, 9.17) is 0 Å². The van der Waals surface area contributed by atoms with Crippen LogP contribution in [0, 0.1) is 5.41 Å². The molecule has 34 heavy (non-hydrogen) atoms. The van der Waals surface area contributed by atoms with Gasteiger partial charge in [-0.05, 0) is 14.1 Å². The lowest BCUT2D eigenvalue weighted by molar-refractivity contribution is -0.401. The number of ketones is 1. The Morgan fingerprint density at radius 3 is 1.82 bits per heavy atom. The topological polar surface area (TPSA) is 85.2 Å². The third-order valence-corrected chi connectivity index (χ3v) is 7.33. The number of carbonyl (C=O) groups excluding carboxylic acids is 1. The summed E-state index contributed by atoms with van der Waals surface area (Å²) in [6.45, 7) is 3.82. The van der Waals surface area contributed by atoms with Crippen LogP contribution in [0.4, 0.5) is 39.5 Å². The molecule has 0 radical (unpaired) electrons. The Morgan fingerprint density at radius 1 is 0.971 bits per heavy atom. The molecular formula is C17H23F9N4O3S. The van der Waals surface area contributed by atoms with E-state index in [-0.39, 0.29) is 11.1 Å². The van der Waals surface area contributed by atoms with Crippen LogP contribution < -0.4 is 0 Å². The second-order valence-electron chi connectivity index (χ2n) is 8.55. The SMILES string of the molecule is CCS(=O)(=O)C(C(=O)c1nnc(C(F)(F)C(F)(F)C(F)(F)C(F)(F)F)n1C)C(C)(C)CN(C)C. The largest absolute Gasteiger partial charge is 0.460 e. The Kier molecular flexibility index (Phi) is 7.93. The normalized spacial score (nSPS) is 15.6. The molecule has 0 N–H and O–H groups in total. The fraction of sp³-hybridized carbons (Fsp3) is 0.824. The van der Waals surface area contributed by atoms with Crippen molar-refractivity contribution in [3.63, 3.8) is 0 Å². The summed E-state index contributed by atoms with van der Waals surface area (Å²) in [5.41, 5.74) is -1.41. The lowest BCUT2D eigenvalue weighted by atomic mass is 9.86. The molecule has 0 aliphatic rings. The van der Waals surface area contributed by atoms with Gasteiger partial charge in [0.1, 0.15) is 5.25 Å². The summed E-state index contributed by atoms with van der Waals surface area (Å²) in [5, 5.41) is 3.54. The fourth-order valence-corrected chi connectivity index (χ4v) is 5.33. The second-order valence-corrected chi connectivity index (χ2v) is 10.9. The summed E-state index contributed by atoms with van der Waals surface area (Å²) in [6, 6.07) is 0. The molecule has 7 nitrogen and oxygen atoms in total. The predicted molar refractivity (Wildman–Crippen MR) is 101 cm³/mol. The van der Waals surface area contributed by atoms with Crippen LogP contribution in [0.15, 0.2) is 0 Å². The van der Waals surface area contributed by atoms with Gasteiger partial charge < -0.3 is 9.47 Å². The lowest BCUT2D eigenvalue weighted by Crippen LogP contribution is -2.60. The summed E-state index contributed by atoms with van der Waals surface area (Å²) in [7, 11) is -0.782. The molecule has 0 aliphatic heterocycles. The van der Waals surface area contributed by atoms with Gasteiger partial charge in [0.25, 0.3) is 0 Å². The number of hydrogen-bond donors (Lipinski definition) is 0. The van der Waals surface area contributed by atoms with Gasteiger partial charge in [-0.1, -0.05) is 20.8 Å². The first kappa shape index (κ1) is 30.1. The molecule has 17 heteroatoms. The first-order chi connectivity index (χ1) is 14.9. The van der Waals surface area contributed by atoms with Crippen molar-refractivity contribution in [1.29, 1.82) is 0 Å². The van der Waals surface area contributed by atoms with Gasteiger partial charge in [-0.25, -0.2) is 8.42 Å². The number of hydrogen-bond acceptors (Lipinski definition) is 6. The molecule has 0 saturated heterocycles. The number of sulfone groups is 1. The summed E-state index contributed by atoms with van der Waals surface area (Å²) < 4.78 is 145. The van der Waals surface area contributed by atoms with Crippen LogP contribution in [-0.4, -0.2) is 83.5 Å². The molecule has 0 saturated carbocycles. The van der Waals surface area contributed by atoms with Crippen LogP contribution in [0.1, 0.15) is 37.2 Å². The van der Waals surface area contributed by atoms with Gasteiger partial charge >= 0.3 is 23.9 Å². The van der Waals surface area contributed by atoms with Crippen molar-refractivity contribution in [2.45, 2.75) is 50.0 Å². The van der Waals surface area contributed by atoms with Crippen molar-refractivity contribution >= 4 is 15.6 Å². The molecule has 1 aromatic rings. The molecule has 0 aromatic carbocycles. The summed E-state index contributed by atoms with van der Waals surface area (Å²) in [5.74, 6) is -26.2. The highest BCUT2D eigenvalue weighted by atomic mass is 32.2. The van der Waals surface area contributed by atoms with Crippen LogP contribution in [0.5, 0.6) is 0 Å².